The van der Waals surface area contributed by atoms with Gasteiger partial charge in [-0.15, -0.1) is 10.2 Å². The second-order valence-corrected chi connectivity index (χ2v) is 7.32. The third-order valence-electron chi connectivity index (χ3n) is 3.86. The first-order valence-corrected chi connectivity index (χ1v) is 9.68. The molecular formula is C18H25N5O2S. The van der Waals surface area contributed by atoms with Gasteiger partial charge in [-0.1, -0.05) is 32.5 Å². The van der Waals surface area contributed by atoms with Gasteiger partial charge >= 0.3 is 0 Å². The summed E-state index contributed by atoms with van der Waals surface area (Å²) in [5.74, 6) is 0.798. The molecule has 0 saturated carbocycles. The predicted octanol–water partition coefficient (Wildman–Crippen LogP) is 2.57. The van der Waals surface area contributed by atoms with Crippen molar-refractivity contribution in [3.05, 3.63) is 24.5 Å². The first-order chi connectivity index (χ1) is 12.4. The van der Waals surface area contributed by atoms with Gasteiger partial charge in [0.25, 0.3) is 0 Å². The van der Waals surface area contributed by atoms with Crippen LogP contribution in [-0.2, 0) is 16.1 Å². The highest BCUT2D eigenvalue weighted by Crippen LogP contribution is 2.24. The average Bonchev–Trinajstić information content (AvgIpc) is 3.01. The number of carbonyl (C=O) groups is 2. The van der Waals surface area contributed by atoms with E-state index in [2.05, 4.69) is 27.4 Å². The van der Waals surface area contributed by atoms with E-state index in [1.54, 1.807) is 12.4 Å². The van der Waals surface area contributed by atoms with Crippen molar-refractivity contribution in [1.29, 1.82) is 0 Å². The second-order valence-electron chi connectivity index (χ2n) is 6.38. The molecule has 0 radical (unpaired) electrons. The summed E-state index contributed by atoms with van der Waals surface area (Å²) in [6.45, 7) is 8.17. The fourth-order valence-corrected chi connectivity index (χ4v) is 3.39. The molecule has 7 nitrogen and oxygen atoms in total. The van der Waals surface area contributed by atoms with Crippen LogP contribution < -0.4 is 5.32 Å². The Morgan fingerprint density at radius 3 is 2.50 bits per heavy atom. The van der Waals surface area contributed by atoms with Gasteiger partial charge in [0.05, 0.1) is 11.8 Å². The fraction of sp³-hybridized carbons (Fsp3) is 0.500. The molecular weight excluding hydrogens is 350 g/mol. The highest BCUT2D eigenvalue weighted by molar-refractivity contribution is 7.99. The summed E-state index contributed by atoms with van der Waals surface area (Å²) in [6.07, 6.45) is 4.36. The smallest absolute Gasteiger partial charge is 0.231 e. The number of aromatic nitrogens is 4. The molecule has 0 aliphatic rings. The first-order valence-electron chi connectivity index (χ1n) is 8.70. The zero-order valence-electron chi connectivity index (χ0n) is 15.6. The Kier molecular flexibility index (Phi) is 7.32. The van der Waals surface area contributed by atoms with E-state index in [1.165, 1.54) is 18.7 Å². The number of thioether (sulfide) groups is 1. The lowest BCUT2D eigenvalue weighted by atomic mass is 10.0. The number of rotatable bonds is 9. The van der Waals surface area contributed by atoms with Gasteiger partial charge in [-0.05, 0) is 31.4 Å². The number of nitrogens with zero attached hydrogens (tertiary/aromatic N) is 4. The van der Waals surface area contributed by atoms with Crippen molar-refractivity contribution in [3.8, 4) is 11.4 Å². The molecule has 2 aromatic heterocycles. The van der Waals surface area contributed by atoms with Gasteiger partial charge in [0.1, 0.15) is 0 Å². The Morgan fingerprint density at radius 1 is 1.23 bits per heavy atom. The maximum absolute atomic E-state index is 12.2. The van der Waals surface area contributed by atoms with E-state index in [0.29, 0.717) is 5.16 Å². The number of pyridine rings is 1. The molecule has 1 atom stereocenters. The number of hydrogen-bond acceptors (Lipinski definition) is 6. The summed E-state index contributed by atoms with van der Waals surface area (Å²) in [7, 11) is 0. The molecule has 0 aliphatic carbocycles. The largest absolute Gasteiger partial charge is 0.345 e. The van der Waals surface area contributed by atoms with Gasteiger partial charge < -0.3 is 9.88 Å². The van der Waals surface area contributed by atoms with Crippen molar-refractivity contribution in [2.45, 2.75) is 51.9 Å². The zero-order valence-corrected chi connectivity index (χ0v) is 16.4. The maximum Gasteiger partial charge on any atom is 0.231 e. The molecule has 0 fully saturated rings. The Morgan fingerprint density at radius 2 is 1.92 bits per heavy atom. The number of hydrogen-bond donors (Lipinski definition) is 1. The maximum atomic E-state index is 12.2. The summed E-state index contributed by atoms with van der Waals surface area (Å²) in [5.41, 5.74) is 0.939. The Labute approximate surface area is 158 Å². The molecule has 2 rings (SSSR count). The summed E-state index contributed by atoms with van der Waals surface area (Å²) in [4.78, 5) is 27.9. The van der Waals surface area contributed by atoms with Gasteiger partial charge in [-0.3, -0.25) is 14.6 Å². The van der Waals surface area contributed by atoms with Crippen LogP contribution in [-0.4, -0.2) is 43.2 Å². The Bertz CT molecular complexity index is 745. The van der Waals surface area contributed by atoms with Crippen LogP contribution in [0.3, 0.4) is 0 Å². The zero-order chi connectivity index (χ0) is 19.1. The van der Waals surface area contributed by atoms with Crippen molar-refractivity contribution in [3.63, 3.8) is 0 Å². The highest BCUT2D eigenvalue weighted by atomic mass is 32.2. The van der Waals surface area contributed by atoms with Crippen LogP contribution in [0.5, 0.6) is 0 Å². The van der Waals surface area contributed by atoms with E-state index in [-0.39, 0.29) is 23.4 Å². The van der Waals surface area contributed by atoms with Gasteiger partial charge in [-0.25, -0.2) is 0 Å². The molecule has 1 N–H and O–H groups in total. The van der Waals surface area contributed by atoms with Crippen LogP contribution in [0.15, 0.2) is 29.7 Å². The lowest BCUT2D eigenvalue weighted by molar-refractivity contribution is -0.126. The molecule has 1 unspecified atom stereocenters. The Hall–Kier alpha value is -2.22. The molecule has 0 bridgehead atoms. The molecule has 2 heterocycles. The van der Waals surface area contributed by atoms with Crippen molar-refractivity contribution >= 4 is 23.5 Å². The van der Waals surface area contributed by atoms with Gasteiger partial charge in [0, 0.05) is 24.5 Å². The third-order valence-corrected chi connectivity index (χ3v) is 4.82. The normalized spacial score (nSPS) is 12.2. The molecule has 0 spiro atoms. The van der Waals surface area contributed by atoms with Crippen LogP contribution in [0, 0.1) is 5.92 Å². The van der Waals surface area contributed by atoms with Gasteiger partial charge in [0.2, 0.25) is 5.91 Å². The van der Waals surface area contributed by atoms with E-state index >= 15 is 0 Å². The molecule has 26 heavy (non-hydrogen) atoms. The second kappa shape index (κ2) is 9.47. The first kappa shape index (κ1) is 20.1. The SMILES string of the molecule is CCCn1c(SCC(=O)NC(C(C)=O)C(C)C)nnc1-c1ccncc1. The summed E-state index contributed by atoms with van der Waals surface area (Å²) in [6, 6.07) is 3.32. The van der Waals surface area contributed by atoms with Crippen LogP contribution in [0.1, 0.15) is 34.1 Å². The highest BCUT2D eigenvalue weighted by Gasteiger charge is 2.21. The van der Waals surface area contributed by atoms with E-state index in [0.717, 1.165) is 24.4 Å². The quantitative estimate of drug-likeness (QED) is 0.678. The van der Waals surface area contributed by atoms with E-state index in [4.69, 9.17) is 0 Å². The topological polar surface area (TPSA) is 89.8 Å². The number of carbonyl (C=O) groups excluding carboxylic acids is 2. The van der Waals surface area contributed by atoms with Crippen molar-refractivity contribution < 1.29 is 9.59 Å². The number of Topliss-reactive ketones (excluding diaryl/α,β-unsaturated/α-hetero) is 1. The number of amides is 1. The monoisotopic (exact) mass is 375 g/mol. The van der Waals surface area contributed by atoms with Crippen molar-refractivity contribution in [2.24, 2.45) is 5.92 Å². The third kappa shape index (κ3) is 5.14. The fourth-order valence-electron chi connectivity index (χ4n) is 2.62. The molecule has 0 aromatic carbocycles. The minimum atomic E-state index is -0.455. The molecule has 2 aromatic rings. The van der Waals surface area contributed by atoms with Crippen LogP contribution in [0.25, 0.3) is 11.4 Å². The standard InChI is InChI=1S/C18H25N5O2S/c1-5-10-23-17(14-6-8-19-9-7-14)21-22-18(23)26-11-15(25)20-16(12(2)3)13(4)24/h6-9,12,16H,5,10-11H2,1-4H3,(H,20,25). The molecule has 140 valence electrons. The average molecular weight is 375 g/mol. The van der Waals surface area contributed by atoms with Crippen LogP contribution in [0.2, 0.25) is 0 Å². The van der Waals surface area contributed by atoms with Crippen LogP contribution >= 0.6 is 11.8 Å². The number of ketones is 1. The lowest BCUT2D eigenvalue weighted by Gasteiger charge is -2.19. The van der Waals surface area contributed by atoms with E-state index in [9.17, 15) is 9.59 Å². The van der Waals surface area contributed by atoms with E-state index < -0.39 is 6.04 Å². The predicted molar refractivity (Wildman–Crippen MR) is 102 cm³/mol. The summed E-state index contributed by atoms with van der Waals surface area (Å²) in [5, 5.41) is 12.0. The van der Waals surface area contributed by atoms with Gasteiger partial charge in [-0.2, -0.15) is 0 Å². The minimum absolute atomic E-state index is 0.0347. The molecule has 0 saturated heterocycles. The van der Waals surface area contributed by atoms with Crippen LogP contribution in [0.4, 0.5) is 0 Å². The van der Waals surface area contributed by atoms with E-state index in [1.807, 2.05) is 30.5 Å². The molecule has 0 aliphatic heterocycles. The molecule has 8 heteroatoms. The molecule has 1 amide bonds. The minimum Gasteiger partial charge on any atom is -0.345 e. The number of nitrogens with one attached hydrogen (secondary N) is 1. The summed E-state index contributed by atoms with van der Waals surface area (Å²) >= 11 is 1.33. The summed E-state index contributed by atoms with van der Waals surface area (Å²) < 4.78 is 2.01. The lowest BCUT2D eigenvalue weighted by Crippen LogP contribution is -2.44. The Balaban J connectivity index is 2.09. The van der Waals surface area contributed by atoms with Crippen molar-refractivity contribution in [2.75, 3.05) is 5.75 Å². The van der Waals surface area contributed by atoms with Gasteiger partial charge in [0.15, 0.2) is 16.8 Å². The van der Waals surface area contributed by atoms with Crippen molar-refractivity contribution in [1.82, 2.24) is 25.1 Å².